The molecule has 5 heteroatoms. The first-order chi connectivity index (χ1) is 9.32. The lowest BCUT2D eigenvalue weighted by atomic mass is 9.53. The van der Waals surface area contributed by atoms with Crippen LogP contribution in [-0.2, 0) is 0 Å². The van der Waals surface area contributed by atoms with Gasteiger partial charge in [-0.1, -0.05) is 26.0 Å². The number of aliphatic hydroxyl groups is 1. The zero-order valence-corrected chi connectivity index (χ0v) is 11.6. The largest absolute Gasteiger partial charge is 0.573 e. The first-order valence-corrected chi connectivity index (χ1v) is 6.86. The number of alkyl halides is 3. The highest BCUT2D eigenvalue weighted by Gasteiger charge is 2.52. The smallest absolute Gasteiger partial charge is 0.406 e. The van der Waals surface area contributed by atoms with Gasteiger partial charge in [-0.05, 0) is 42.9 Å². The highest BCUT2D eigenvalue weighted by Crippen LogP contribution is 2.57. The Labute approximate surface area is 116 Å². The molecule has 0 bridgehead atoms. The molecule has 1 N–H and O–H groups in total. The van der Waals surface area contributed by atoms with E-state index in [1.165, 1.54) is 12.1 Å². The molecular weight excluding hydrogens is 269 g/mol. The molecule has 2 unspecified atom stereocenters. The van der Waals surface area contributed by atoms with Crippen molar-refractivity contribution in [3.8, 4) is 5.75 Å². The van der Waals surface area contributed by atoms with Gasteiger partial charge in [0.1, 0.15) is 5.75 Å². The molecule has 0 heterocycles. The number of ether oxygens (including phenoxy) is 1. The van der Waals surface area contributed by atoms with Gasteiger partial charge in [-0.2, -0.15) is 0 Å². The standard InChI is InChI=1S/C15H19F3O2/c1-3-14(4-2)12(9-13(14)19)10-6-5-7-11(8-10)20-15(16,17)18/h5-8,12-13,19H,3-4,9H2,1-2H3. The SMILES string of the molecule is CCC1(CC)C(O)CC1c1cccc(OC(F)(F)F)c1. The van der Waals surface area contributed by atoms with E-state index in [9.17, 15) is 18.3 Å². The normalized spacial score (nSPS) is 25.1. The van der Waals surface area contributed by atoms with Crippen molar-refractivity contribution < 1.29 is 23.0 Å². The summed E-state index contributed by atoms with van der Waals surface area (Å²) in [5.74, 6) is -0.109. The van der Waals surface area contributed by atoms with Gasteiger partial charge in [0.15, 0.2) is 0 Å². The van der Waals surface area contributed by atoms with Gasteiger partial charge in [0.2, 0.25) is 0 Å². The van der Waals surface area contributed by atoms with Crippen molar-refractivity contribution >= 4 is 0 Å². The number of rotatable bonds is 4. The number of hydrogen-bond donors (Lipinski definition) is 1. The summed E-state index contributed by atoms with van der Waals surface area (Å²) in [6.45, 7) is 4.02. The minimum atomic E-state index is -4.68. The van der Waals surface area contributed by atoms with Crippen molar-refractivity contribution in [3.05, 3.63) is 29.8 Å². The molecule has 1 saturated carbocycles. The number of halogens is 3. The number of aliphatic hydroxyl groups excluding tert-OH is 1. The molecule has 0 spiro atoms. The number of benzene rings is 1. The second-order valence-corrected chi connectivity index (χ2v) is 5.36. The molecule has 1 fully saturated rings. The molecule has 20 heavy (non-hydrogen) atoms. The van der Waals surface area contributed by atoms with Gasteiger partial charge in [0.05, 0.1) is 6.10 Å². The average molecular weight is 288 g/mol. The summed E-state index contributed by atoms with van der Waals surface area (Å²) in [6.07, 6.45) is -2.85. The van der Waals surface area contributed by atoms with Crippen LogP contribution in [0, 0.1) is 5.41 Å². The summed E-state index contributed by atoms with van der Waals surface area (Å²) in [6, 6.07) is 6.10. The van der Waals surface area contributed by atoms with Crippen molar-refractivity contribution in [1.82, 2.24) is 0 Å². The first-order valence-electron chi connectivity index (χ1n) is 6.86. The third-order valence-electron chi connectivity index (χ3n) is 4.63. The van der Waals surface area contributed by atoms with Crippen LogP contribution in [-0.4, -0.2) is 17.6 Å². The lowest BCUT2D eigenvalue weighted by Crippen LogP contribution is -2.50. The Balaban J connectivity index is 2.24. The average Bonchev–Trinajstić information content (AvgIpc) is 2.36. The van der Waals surface area contributed by atoms with Crippen molar-refractivity contribution in [2.45, 2.75) is 51.5 Å². The van der Waals surface area contributed by atoms with Crippen LogP contribution in [0.25, 0.3) is 0 Å². The zero-order valence-electron chi connectivity index (χ0n) is 11.6. The summed E-state index contributed by atoms with van der Waals surface area (Å²) in [4.78, 5) is 0. The quantitative estimate of drug-likeness (QED) is 0.898. The lowest BCUT2D eigenvalue weighted by Gasteiger charge is -2.53. The molecule has 1 aromatic carbocycles. The van der Waals surface area contributed by atoms with Crippen molar-refractivity contribution in [1.29, 1.82) is 0 Å². The van der Waals surface area contributed by atoms with E-state index < -0.39 is 6.36 Å². The first kappa shape index (κ1) is 15.2. The maximum absolute atomic E-state index is 12.3. The van der Waals surface area contributed by atoms with E-state index in [4.69, 9.17) is 0 Å². The molecule has 0 aromatic heterocycles. The molecule has 1 aromatic rings. The maximum Gasteiger partial charge on any atom is 0.573 e. The molecule has 2 nitrogen and oxygen atoms in total. The van der Waals surface area contributed by atoms with Crippen LogP contribution in [0.4, 0.5) is 13.2 Å². The van der Waals surface area contributed by atoms with E-state index in [0.29, 0.717) is 6.42 Å². The molecule has 1 aliphatic carbocycles. The van der Waals surface area contributed by atoms with Crippen LogP contribution < -0.4 is 4.74 Å². The third-order valence-corrected chi connectivity index (χ3v) is 4.63. The molecular formula is C15H19F3O2. The van der Waals surface area contributed by atoms with E-state index in [0.717, 1.165) is 18.4 Å². The van der Waals surface area contributed by atoms with Gasteiger partial charge in [-0.25, -0.2) is 0 Å². The summed E-state index contributed by atoms with van der Waals surface area (Å²) in [7, 11) is 0. The zero-order chi connectivity index (χ0) is 15.0. The molecule has 0 aliphatic heterocycles. The Bertz CT molecular complexity index is 466. The van der Waals surface area contributed by atoms with Crippen molar-refractivity contribution in [3.63, 3.8) is 0 Å². The minimum absolute atomic E-state index is 0.0873. The van der Waals surface area contributed by atoms with E-state index in [1.807, 2.05) is 13.8 Å². The maximum atomic E-state index is 12.3. The van der Waals surface area contributed by atoms with Gasteiger partial charge in [0, 0.05) is 5.41 Å². The molecule has 0 saturated heterocycles. The fraction of sp³-hybridized carbons (Fsp3) is 0.600. The van der Waals surface area contributed by atoms with Crippen LogP contribution in [0.15, 0.2) is 24.3 Å². The fourth-order valence-corrected chi connectivity index (χ4v) is 3.37. The topological polar surface area (TPSA) is 29.5 Å². The van der Waals surface area contributed by atoms with Crippen molar-refractivity contribution in [2.24, 2.45) is 5.41 Å². The molecule has 2 rings (SSSR count). The number of hydrogen-bond acceptors (Lipinski definition) is 2. The molecule has 0 amide bonds. The summed E-state index contributed by atoms with van der Waals surface area (Å²) < 4.78 is 40.7. The predicted octanol–water partition coefficient (Wildman–Crippen LogP) is 4.24. The second-order valence-electron chi connectivity index (χ2n) is 5.36. The molecule has 0 radical (unpaired) electrons. The van der Waals surface area contributed by atoms with Crippen molar-refractivity contribution in [2.75, 3.05) is 0 Å². The van der Waals surface area contributed by atoms with Gasteiger partial charge >= 0.3 is 6.36 Å². The summed E-state index contributed by atoms with van der Waals surface area (Å²) in [5, 5.41) is 10.0. The Hall–Kier alpha value is -1.23. The monoisotopic (exact) mass is 288 g/mol. The van der Waals surface area contributed by atoms with E-state index in [1.54, 1.807) is 12.1 Å². The van der Waals surface area contributed by atoms with Gasteiger partial charge in [0.25, 0.3) is 0 Å². The highest BCUT2D eigenvalue weighted by atomic mass is 19.4. The van der Waals surface area contributed by atoms with Crippen LogP contribution >= 0.6 is 0 Å². The molecule has 2 atom stereocenters. The van der Waals surface area contributed by atoms with E-state index in [2.05, 4.69) is 4.74 Å². The molecule has 112 valence electrons. The third kappa shape index (κ3) is 2.64. The minimum Gasteiger partial charge on any atom is -0.406 e. The van der Waals surface area contributed by atoms with Crippen LogP contribution in [0.1, 0.15) is 44.6 Å². The Morgan fingerprint density at radius 2 is 1.95 bits per heavy atom. The Morgan fingerprint density at radius 3 is 2.45 bits per heavy atom. The fourth-order valence-electron chi connectivity index (χ4n) is 3.37. The Kier molecular flexibility index (Phi) is 4.00. The summed E-state index contributed by atoms with van der Waals surface area (Å²) >= 11 is 0. The van der Waals surface area contributed by atoms with Gasteiger partial charge < -0.3 is 9.84 Å². The molecule has 1 aliphatic rings. The lowest BCUT2D eigenvalue weighted by molar-refractivity contribution is -0.274. The van der Waals surface area contributed by atoms with Crippen LogP contribution in [0.3, 0.4) is 0 Å². The second kappa shape index (κ2) is 5.28. The van der Waals surface area contributed by atoms with Gasteiger partial charge in [-0.15, -0.1) is 13.2 Å². The van der Waals surface area contributed by atoms with E-state index >= 15 is 0 Å². The van der Waals surface area contributed by atoms with Gasteiger partial charge in [-0.3, -0.25) is 0 Å². The van der Waals surface area contributed by atoms with Crippen LogP contribution in [0.5, 0.6) is 5.75 Å². The van der Waals surface area contributed by atoms with Crippen LogP contribution in [0.2, 0.25) is 0 Å². The summed E-state index contributed by atoms with van der Waals surface area (Å²) in [5.41, 5.74) is 0.581. The highest BCUT2D eigenvalue weighted by molar-refractivity contribution is 5.34. The predicted molar refractivity (Wildman–Crippen MR) is 69.5 cm³/mol. The Morgan fingerprint density at radius 1 is 1.30 bits per heavy atom. The van der Waals surface area contributed by atoms with E-state index in [-0.39, 0.29) is 23.2 Å².